The van der Waals surface area contributed by atoms with Crippen LogP contribution in [0.3, 0.4) is 0 Å². The number of nitrogens with zero attached hydrogens (tertiary/aromatic N) is 6. The van der Waals surface area contributed by atoms with Crippen LogP contribution in [0.4, 0.5) is 16.4 Å². The SMILES string of the molecule is Cc1cc(N2CCN(c3ncc(-c4cccc(CN(C)C(=O)CNC(=O)OC(C)(C)C)c4)cn3)CC2)cc(C)n1. The lowest BCUT2D eigenvalue weighted by atomic mass is 10.1. The molecule has 4 rings (SSSR count). The summed E-state index contributed by atoms with van der Waals surface area (Å²) in [7, 11) is 1.71. The van der Waals surface area contributed by atoms with Gasteiger partial charge in [-0.15, -0.1) is 0 Å². The normalized spacial score (nSPS) is 13.7. The number of benzene rings is 1. The van der Waals surface area contributed by atoms with Crippen LogP contribution in [0.5, 0.6) is 0 Å². The Morgan fingerprint density at radius 2 is 1.57 bits per heavy atom. The third-order valence-corrected chi connectivity index (χ3v) is 6.52. The second-order valence-corrected chi connectivity index (χ2v) is 11.2. The number of piperazine rings is 1. The van der Waals surface area contributed by atoms with Gasteiger partial charge in [-0.25, -0.2) is 14.8 Å². The van der Waals surface area contributed by atoms with Crippen molar-refractivity contribution in [3.63, 3.8) is 0 Å². The first-order chi connectivity index (χ1) is 19.0. The van der Waals surface area contributed by atoms with Gasteiger partial charge in [-0.05, 0) is 63.9 Å². The third-order valence-electron chi connectivity index (χ3n) is 6.52. The van der Waals surface area contributed by atoms with Crippen molar-refractivity contribution in [2.24, 2.45) is 0 Å². The van der Waals surface area contributed by atoms with Gasteiger partial charge < -0.3 is 24.8 Å². The van der Waals surface area contributed by atoms with E-state index in [1.165, 1.54) is 5.69 Å². The van der Waals surface area contributed by atoms with E-state index in [1.54, 1.807) is 32.7 Å². The molecule has 0 saturated carbocycles. The Balaban J connectivity index is 1.31. The first kappa shape index (κ1) is 28.8. The highest BCUT2D eigenvalue weighted by molar-refractivity contribution is 5.82. The van der Waals surface area contributed by atoms with Gasteiger partial charge in [0.2, 0.25) is 11.9 Å². The van der Waals surface area contributed by atoms with Crippen molar-refractivity contribution in [2.45, 2.75) is 46.8 Å². The van der Waals surface area contributed by atoms with E-state index < -0.39 is 11.7 Å². The predicted octanol–water partition coefficient (Wildman–Crippen LogP) is 3.97. The van der Waals surface area contributed by atoms with E-state index in [0.717, 1.165) is 60.2 Å². The van der Waals surface area contributed by atoms with E-state index in [4.69, 9.17) is 4.74 Å². The highest BCUT2D eigenvalue weighted by Gasteiger charge is 2.20. The summed E-state index contributed by atoms with van der Waals surface area (Å²) in [6.07, 6.45) is 3.09. The summed E-state index contributed by atoms with van der Waals surface area (Å²) in [5, 5.41) is 2.51. The number of aromatic nitrogens is 3. The van der Waals surface area contributed by atoms with Crippen molar-refractivity contribution in [1.29, 1.82) is 0 Å². The van der Waals surface area contributed by atoms with E-state index in [2.05, 4.69) is 42.2 Å². The number of carbonyl (C=O) groups is 2. The molecule has 3 heterocycles. The Hall–Kier alpha value is -4.21. The number of nitrogens with one attached hydrogen (secondary N) is 1. The number of anilines is 2. The molecule has 1 N–H and O–H groups in total. The van der Waals surface area contributed by atoms with Crippen LogP contribution in [0.15, 0.2) is 48.8 Å². The standard InChI is InChI=1S/C30H39N7O3/c1-21-14-26(15-22(2)34-21)36-10-12-37(13-11-36)28-31-17-25(18-32-28)24-9-7-8-23(16-24)20-35(6)27(38)19-33-29(39)40-30(3,4)5/h7-9,14-18H,10-13,19-20H2,1-6H3,(H,33,39). The number of aryl methyl sites for hydroxylation is 2. The average Bonchev–Trinajstić information content (AvgIpc) is 2.90. The molecule has 10 nitrogen and oxygen atoms in total. The molecule has 0 radical (unpaired) electrons. The third kappa shape index (κ3) is 7.91. The summed E-state index contributed by atoms with van der Waals surface area (Å²) in [5.74, 6) is 0.516. The van der Waals surface area contributed by atoms with Crippen LogP contribution in [0, 0.1) is 13.8 Å². The van der Waals surface area contributed by atoms with Crippen LogP contribution in [-0.2, 0) is 16.1 Å². The van der Waals surface area contributed by atoms with E-state index in [-0.39, 0.29) is 12.5 Å². The molecule has 2 amide bonds. The Kier molecular flexibility index (Phi) is 8.86. The summed E-state index contributed by atoms with van der Waals surface area (Å²) in [4.78, 5) is 44.3. The van der Waals surface area contributed by atoms with Crippen LogP contribution in [0.25, 0.3) is 11.1 Å². The molecule has 0 spiro atoms. The zero-order chi connectivity index (χ0) is 28.9. The number of carbonyl (C=O) groups excluding carboxylic acids is 2. The van der Waals surface area contributed by atoms with E-state index in [9.17, 15) is 9.59 Å². The highest BCUT2D eigenvalue weighted by atomic mass is 16.6. The van der Waals surface area contributed by atoms with Gasteiger partial charge >= 0.3 is 6.09 Å². The quantitative estimate of drug-likeness (QED) is 0.476. The Morgan fingerprint density at radius 1 is 0.950 bits per heavy atom. The fraction of sp³-hybridized carbons (Fsp3) is 0.433. The van der Waals surface area contributed by atoms with E-state index in [1.807, 2.05) is 50.5 Å². The van der Waals surface area contributed by atoms with Gasteiger partial charge in [0.1, 0.15) is 12.1 Å². The summed E-state index contributed by atoms with van der Waals surface area (Å²) in [6, 6.07) is 12.2. The molecule has 40 heavy (non-hydrogen) atoms. The lowest BCUT2D eigenvalue weighted by Gasteiger charge is -2.36. The average molecular weight is 546 g/mol. The molecule has 1 fully saturated rings. The van der Waals surface area contributed by atoms with Gasteiger partial charge in [0.15, 0.2) is 0 Å². The molecule has 0 aliphatic carbocycles. The van der Waals surface area contributed by atoms with Crippen molar-refractivity contribution in [2.75, 3.05) is 49.6 Å². The lowest BCUT2D eigenvalue weighted by Crippen LogP contribution is -2.47. The molecule has 1 saturated heterocycles. The molecule has 1 aliphatic rings. The lowest BCUT2D eigenvalue weighted by molar-refractivity contribution is -0.129. The smallest absolute Gasteiger partial charge is 0.408 e. The second kappa shape index (κ2) is 12.3. The number of alkyl carbamates (subject to hydrolysis) is 1. The van der Waals surface area contributed by atoms with E-state index >= 15 is 0 Å². The first-order valence-corrected chi connectivity index (χ1v) is 13.5. The Morgan fingerprint density at radius 3 is 2.20 bits per heavy atom. The van der Waals surface area contributed by atoms with Crippen LogP contribution in [0.2, 0.25) is 0 Å². The summed E-state index contributed by atoms with van der Waals surface area (Å²) < 4.78 is 5.19. The molecule has 0 atom stereocenters. The minimum atomic E-state index is -0.616. The van der Waals surface area contributed by atoms with Crippen molar-refractivity contribution in [3.8, 4) is 11.1 Å². The molecule has 212 valence electrons. The van der Waals surface area contributed by atoms with Crippen molar-refractivity contribution >= 4 is 23.6 Å². The molecule has 0 bridgehead atoms. The van der Waals surface area contributed by atoms with Crippen molar-refractivity contribution in [3.05, 3.63) is 65.7 Å². The van der Waals surface area contributed by atoms with Gasteiger partial charge in [0.05, 0.1) is 0 Å². The van der Waals surface area contributed by atoms with Crippen molar-refractivity contribution < 1.29 is 14.3 Å². The monoisotopic (exact) mass is 545 g/mol. The molecule has 1 aromatic carbocycles. The fourth-order valence-electron chi connectivity index (χ4n) is 4.60. The minimum absolute atomic E-state index is 0.128. The van der Waals surface area contributed by atoms with Gasteiger partial charge in [-0.1, -0.05) is 18.2 Å². The first-order valence-electron chi connectivity index (χ1n) is 13.5. The maximum absolute atomic E-state index is 12.5. The number of likely N-dealkylation sites (N-methyl/N-ethyl adjacent to an activating group) is 1. The molecular weight excluding hydrogens is 506 g/mol. The maximum Gasteiger partial charge on any atom is 0.408 e. The highest BCUT2D eigenvalue weighted by Crippen LogP contribution is 2.23. The van der Waals surface area contributed by atoms with Gasteiger partial charge in [0, 0.05) is 74.8 Å². The van der Waals surface area contributed by atoms with E-state index in [0.29, 0.717) is 6.54 Å². The topological polar surface area (TPSA) is 104 Å². The molecule has 2 aromatic heterocycles. The fourth-order valence-corrected chi connectivity index (χ4v) is 4.60. The number of pyridine rings is 1. The maximum atomic E-state index is 12.5. The predicted molar refractivity (Wildman–Crippen MR) is 156 cm³/mol. The van der Waals surface area contributed by atoms with Gasteiger partial charge in [-0.3, -0.25) is 9.78 Å². The minimum Gasteiger partial charge on any atom is -0.444 e. The van der Waals surface area contributed by atoms with Crippen LogP contribution in [-0.4, -0.2) is 77.2 Å². The Bertz CT molecular complexity index is 1310. The van der Waals surface area contributed by atoms with Crippen LogP contribution in [0.1, 0.15) is 37.7 Å². The molecule has 10 heteroatoms. The Labute approximate surface area is 236 Å². The number of hydrogen-bond donors (Lipinski definition) is 1. The number of ether oxygens (including phenoxy) is 1. The largest absolute Gasteiger partial charge is 0.444 e. The van der Waals surface area contributed by atoms with Crippen LogP contribution < -0.4 is 15.1 Å². The molecule has 3 aromatic rings. The van der Waals surface area contributed by atoms with Crippen molar-refractivity contribution in [1.82, 2.24) is 25.2 Å². The molecule has 0 unspecified atom stereocenters. The van der Waals surface area contributed by atoms with Gasteiger partial charge in [-0.2, -0.15) is 0 Å². The van der Waals surface area contributed by atoms with Crippen LogP contribution >= 0.6 is 0 Å². The number of rotatable bonds is 7. The molecule has 1 aliphatic heterocycles. The summed E-state index contributed by atoms with van der Waals surface area (Å²) in [6.45, 7) is 13.2. The number of amides is 2. The molecular formula is C30H39N7O3. The summed E-state index contributed by atoms with van der Waals surface area (Å²) >= 11 is 0. The second-order valence-electron chi connectivity index (χ2n) is 11.2. The summed E-state index contributed by atoms with van der Waals surface area (Å²) in [5.41, 5.74) is 5.52. The zero-order valence-electron chi connectivity index (χ0n) is 24.3. The zero-order valence-corrected chi connectivity index (χ0v) is 24.3. The number of hydrogen-bond acceptors (Lipinski definition) is 8. The van der Waals surface area contributed by atoms with Gasteiger partial charge in [0.25, 0.3) is 0 Å².